The average Bonchev–Trinajstić information content (AvgIpc) is 2.43. The molecular weight excluding hydrogens is 174 g/mol. The number of carbonyl (C=O) groups excluding carboxylic acids is 2. The number of hydrogen-bond acceptors (Lipinski definition) is 5. The number of fused-ring (bicyclic) bond motifs is 1. The number of carbonyl (C=O) groups is 2. The molecule has 1 aliphatic rings. The van der Waals surface area contributed by atoms with Crippen LogP contribution in [0.25, 0.3) is 0 Å². The maximum atomic E-state index is 11.1. The molecule has 1 aromatic heterocycles. The van der Waals surface area contributed by atoms with E-state index in [4.69, 9.17) is 4.74 Å². The van der Waals surface area contributed by atoms with Gasteiger partial charge in [-0.05, 0) is 0 Å². The quantitative estimate of drug-likeness (QED) is 0.461. The Hall–Kier alpha value is -1.91. The van der Waals surface area contributed by atoms with Crippen molar-refractivity contribution in [3.8, 4) is 5.75 Å². The molecule has 0 fully saturated rings. The van der Waals surface area contributed by atoms with E-state index in [9.17, 15) is 9.59 Å². The number of ether oxygens (including phenoxy) is 2. The van der Waals surface area contributed by atoms with E-state index in [2.05, 4.69) is 9.72 Å². The van der Waals surface area contributed by atoms with Crippen LogP contribution in [-0.4, -0.2) is 24.0 Å². The average molecular weight is 179 g/mol. The normalized spacial score (nSPS) is 13.9. The molecule has 5 nitrogen and oxygen atoms in total. The van der Waals surface area contributed by atoms with Gasteiger partial charge in [0.15, 0.2) is 5.75 Å². The van der Waals surface area contributed by atoms with E-state index in [1.54, 1.807) is 0 Å². The summed E-state index contributed by atoms with van der Waals surface area (Å²) in [5.41, 5.74) is 0.312. The van der Waals surface area contributed by atoms with Crippen molar-refractivity contribution >= 4 is 11.9 Å². The van der Waals surface area contributed by atoms with E-state index in [1.165, 1.54) is 19.5 Å². The Balaban J connectivity index is 2.69. The zero-order valence-electron chi connectivity index (χ0n) is 6.73. The highest BCUT2D eigenvalue weighted by atomic mass is 16.6. The summed E-state index contributed by atoms with van der Waals surface area (Å²) < 4.78 is 9.24. The van der Waals surface area contributed by atoms with Crippen LogP contribution in [0.2, 0.25) is 0 Å². The molecule has 0 saturated heterocycles. The minimum absolute atomic E-state index is 0.155. The predicted molar refractivity (Wildman–Crippen MR) is 40.5 cm³/mol. The van der Waals surface area contributed by atoms with Gasteiger partial charge in [-0.3, -0.25) is 4.98 Å². The number of hydrogen-bond donors (Lipinski definition) is 0. The molecule has 0 aliphatic carbocycles. The van der Waals surface area contributed by atoms with Crippen molar-refractivity contribution in [3.05, 3.63) is 23.5 Å². The third-order valence-electron chi connectivity index (χ3n) is 1.74. The standard InChI is InChI=1S/C8H5NO4/c1-12-5-3-9-2-4-6(5)8(11)13-7(4)10/h2-3H,1H3. The molecule has 0 radical (unpaired) electrons. The Morgan fingerprint density at radius 3 is 2.77 bits per heavy atom. The summed E-state index contributed by atoms with van der Waals surface area (Å²) in [7, 11) is 1.40. The fourth-order valence-corrected chi connectivity index (χ4v) is 1.15. The molecule has 1 aromatic rings. The van der Waals surface area contributed by atoms with Crippen LogP contribution in [0, 0.1) is 0 Å². The molecule has 0 unspecified atom stereocenters. The first-order chi connectivity index (χ1) is 6.24. The van der Waals surface area contributed by atoms with Gasteiger partial charge in [-0.25, -0.2) is 9.59 Å². The number of esters is 2. The number of pyridine rings is 1. The van der Waals surface area contributed by atoms with Crippen molar-refractivity contribution < 1.29 is 19.1 Å². The summed E-state index contributed by atoms with van der Waals surface area (Å²) in [5, 5.41) is 0. The van der Waals surface area contributed by atoms with Gasteiger partial charge < -0.3 is 9.47 Å². The molecule has 5 heteroatoms. The van der Waals surface area contributed by atoms with Crippen molar-refractivity contribution in [3.63, 3.8) is 0 Å². The molecule has 0 saturated carbocycles. The first-order valence-corrected chi connectivity index (χ1v) is 3.52. The second kappa shape index (κ2) is 2.55. The molecule has 0 N–H and O–H groups in total. The van der Waals surface area contributed by atoms with Gasteiger partial charge in [0.2, 0.25) is 0 Å². The maximum Gasteiger partial charge on any atom is 0.350 e. The Morgan fingerprint density at radius 1 is 1.31 bits per heavy atom. The van der Waals surface area contributed by atoms with E-state index in [0.29, 0.717) is 0 Å². The molecule has 0 aromatic carbocycles. The smallest absolute Gasteiger partial charge is 0.350 e. The molecule has 0 bridgehead atoms. The van der Waals surface area contributed by atoms with Gasteiger partial charge in [0.05, 0.1) is 18.9 Å². The number of nitrogens with zero attached hydrogens (tertiary/aromatic N) is 1. The van der Waals surface area contributed by atoms with Crippen molar-refractivity contribution in [2.75, 3.05) is 7.11 Å². The topological polar surface area (TPSA) is 65.5 Å². The monoisotopic (exact) mass is 179 g/mol. The lowest BCUT2D eigenvalue weighted by molar-refractivity contribution is 0.0443. The first-order valence-electron chi connectivity index (χ1n) is 3.52. The van der Waals surface area contributed by atoms with Crippen LogP contribution in [0.5, 0.6) is 5.75 Å². The van der Waals surface area contributed by atoms with Gasteiger partial charge in [-0.1, -0.05) is 0 Å². The van der Waals surface area contributed by atoms with Crippen molar-refractivity contribution in [1.29, 1.82) is 0 Å². The van der Waals surface area contributed by atoms with Crippen LogP contribution >= 0.6 is 0 Å². The third kappa shape index (κ3) is 0.970. The minimum atomic E-state index is -0.681. The number of methoxy groups -OCH3 is 1. The summed E-state index contributed by atoms with van der Waals surface area (Å²) in [4.78, 5) is 25.8. The van der Waals surface area contributed by atoms with Crippen LogP contribution < -0.4 is 4.74 Å². The molecule has 1 aliphatic heterocycles. The molecule has 0 spiro atoms. The number of aromatic nitrogens is 1. The summed E-state index contributed by atoms with van der Waals surface area (Å²) in [5.74, 6) is -1.10. The number of cyclic esters (lactones) is 2. The molecular formula is C8H5NO4. The second-order valence-corrected chi connectivity index (χ2v) is 2.44. The zero-order valence-corrected chi connectivity index (χ0v) is 6.73. The van der Waals surface area contributed by atoms with Crippen LogP contribution in [0.1, 0.15) is 20.7 Å². The van der Waals surface area contributed by atoms with E-state index in [0.717, 1.165) is 0 Å². The Morgan fingerprint density at radius 2 is 2.08 bits per heavy atom. The largest absolute Gasteiger partial charge is 0.494 e. The molecule has 0 atom stereocenters. The lowest BCUT2D eigenvalue weighted by Gasteiger charge is -2.00. The van der Waals surface area contributed by atoms with Crippen molar-refractivity contribution in [2.24, 2.45) is 0 Å². The van der Waals surface area contributed by atoms with Gasteiger partial charge in [-0.2, -0.15) is 0 Å². The van der Waals surface area contributed by atoms with Crippen molar-refractivity contribution in [1.82, 2.24) is 4.98 Å². The van der Waals surface area contributed by atoms with Crippen LogP contribution in [0.4, 0.5) is 0 Å². The lowest BCUT2D eigenvalue weighted by atomic mass is 10.1. The fraction of sp³-hybridized carbons (Fsp3) is 0.125. The molecule has 13 heavy (non-hydrogen) atoms. The Labute approximate surface area is 73.3 Å². The van der Waals surface area contributed by atoms with E-state index in [1.807, 2.05) is 0 Å². The van der Waals surface area contributed by atoms with Crippen LogP contribution in [0.3, 0.4) is 0 Å². The summed E-state index contributed by atoms with van der Waals surface area (Å²) in [6.45, 7) is 0. The van der Waals surface area contributed by atoms with Gasteiger partial charge in [-0.15, -0.1) is 0 Å². The van der Waals surface area contributed by atoms with Crippen molar-refractivity contribution in [2.45, 2.75) is 0 Å². The fourth-order valence-electron chi connectivity index (χ4n) is 1.15. The Bertz CT molecular complexity index is 399. The summed E-state index contributed by atoms with van der Waals surface area (Å²) in [6, 6.07) is 0. The molecule has 2 heterocycles. The van der Waals surface area contributed by atoms with E-state index in [-0.39, 0.29) is 16.9 Å². The molecule has 0 amide bonds. The SMILES string of the molecule is COc1cncc2c1C(=O)OC2=O. The van der Waals surface area contributed by atoms with Gasteiger partial charge >= 0.3 is 11.9 Å². The highest BCUT2D eigenvalue weighted by molar-refractivity contribution is 6.15. The van der Waals surface area contributed by atoms with E-state index < -0.39 is 11.9 Å². The highest BCUT2D eigenvalue weighted by Crippen LogP contribution is 2.27. The molecule has 2 rings (SSSR count). The summed E-state index contributed by atoms with van der Waals surface area (Å²) in [6.07, 6.45) is 2.64. The third-order valence-corrected chi connectivity index (χ3v) is 1.74. The lowest BCUT2D eigenvalue weighted by Crippen LogP contribution is -1.98. The van der Waals surface area contributed by atoms with Crippen LogP contribution in [-0.2, 0) is 4.74 Å². The highest BCUT2D eigenvalue weighted by Gasteiger charge is 2.33. The van der Waals surface area contributed by atoms with Gasteiger partial charge in [0, 0.05) is 6.20 Å². The predicted octanol–water partition coefficient (Wildman–Crippen LogP) is 0.401. The minimum Gasteiger partial charge on any atom is -0.494 e. The molecule has 66 valence electrons. The Kier molecular flexibility index (Phi) is 1.51. The first kappa shape index (κ1) is 7.72. The van der Waals surface area contributed by atoms with Crippen LogP contribution in [0.15, 0.2) is 12.4 Å². The van der Waals surface area contributed by atoms with E-state index >= 15 is 0 Å². The van der Waals surface area contributed by atoms with Gasteiger partial charge in [0.1, 0.15) is 5.56 Å². The maximum absolute atomic E-state index is 11.1. The summed E-state index contributed by atoms with van der Waals surface area (Å²) >= 11 is 0. The second-order valence-electron chi connectivity index (χ2n) is 2.44. The zero-order chi connectivity index (χ0) is 9.42. The van der Waals surface area contributed by atoms with Gasteiger partial charge in [0.25, 0.3) is 0 Å². The number of rotatable bonds is 1.